The summed E-state index contributed by atoms with van der Waals surface area (Å²) in [4.78, 5) is 13.5. The van der Waals surface area contributed by atoms with Gasteiger partial charge in [0.15, 0.2) is 11.9 Å². The van der Waals surface area contributed by atoms with Crippen molar-refractivity contribution >= 4 is 5.82 Å². The third kappa shape index (κ3) is 2.41. The minimum Gasteiger partial charge on any atom is -0.484 e. The smallest absolute Gasteiger partial charge is 0.363 e. The van der Waals surface area contributed by atoms with Crippen molar-refractivity contribution in [3.63, 3.8) is 0 Å². The van der Waals surface area contributed by atoms with Gasteiger partial charge in [0.1, 0.15) is 6.10 Å². The molecule has 80 valence electrons. The normalized spacial score (nSPS) is 20.1. The van der Waals surface area contributed by atoms with E-state index < -0.39 is 4.92 Å². The molecule has 1 fully saturated rings. The number of pyridine rings is 1. The largest absolute Gasteiger partial charge is 0.484 e. The average molecular weight is 210 g/mol. The Kier molecular flexibility index (Phi) is 2.77. The highest BCUT2D eigenvalue weighted by molar-refractivity contribution is 5.26. The highest BCUT2D eigenvalue weighted by Crippen LogP contribution is 2.17. The quantitative estimate of drug-likeness (QED) is 0.552. The van der Waals surface area contributed by atoms with Crippen LogP contribution in [0.5, 0.6) is 5.75 Å². The van der Waals surface area contributed by atoms with E-state index in [2.05, 4.69) is 4.98 Å². The molecule has 0 aliphatic carbocycles. The lowest BCUT2D eigenvalue weighted by Gasteiger charge is -2.09. The predicted molar refractivity (Wildman–Crippen MR) is 50.7 cm³/mol. The van der Waals surface area contributed by atoms with Gasteiger partial charge in [-0.05, 0) is 16.0 Å². The summed E-state index contributed by atoms with van der Waals surface area (Å²) in [5.74, 6) is 0.362. The fourth-order valence-corrected chi connectivity index (χ4v) is 1.35. The topological polar surface area (TPSA) is 74.5 Å². The number of aromatic nitrogens is 1. The molecule has 6 heteroatoms. The van der Waals surface area contributed by atoms with Crippen LogP contribution >= 0.6 is 0 Å². The molecule has 15 heavy (non-hydrogen) atoms. The monoisotopic (exact) mass is 210 g/mol. The highest BCUT2D eigenvalue weighted by Gasteiger charge is 2.18. The molecule has 1 aromatic rings. The van der Waals surface area contributed by atoms with Crippen molar-refractivity contribution in [2.45, 2.75) is 12.5 Å². The summed E-state index contributed by atoms with van der Waals surface area (Å²) < 4.78 is 10.6. The Morgan fingerprint density at radius 1 is 1.60 bits per heavy atom. The van der Waals surface area contributed by atoms with E-state index in [4.69, 9.17) is 9.47 Å². The van der Waals surface area contributed by atoms with Gasteiger partial charge in [-0.25, -0.2) is 0 Å². The Balaban J connectivity index is 2.00. The molecule has 0 aromatic carbocycles. The van der Waals surface area contributed by atoms with E-state index in [9.17, 15) is 10.1 Å². The molecule has 0 spiro atoms. The lowest BCUT2D eigenvalue weighted by Crippen LogP contribution is -2.15. The molecule has 0 N–H and O–H groups in total. The van der Waals surface area contributed by atoms with Crippen LogP contribution in [0.25, 0.3) is 0 Å². The molecule has 0 unspecified atom stereocenters. The van der Waals surface area contributed by atoms with E-state index in [0.29, 0.717) is 19.0 Å². The zero-order valence-corrected chi connectivity index (χ0v) is 7.96. The standard InChI is InChI=1S/C9H10N2O4/c12-11(13)9-2-1-7(5-10-9)15-8-3-4-14-6-8/h1-2,5,8H,3-4,6H2/t8-/m1/s1. The zero-order chi connectivity index (χ0) is 10.7. The summed E-state index contributed by atoms with van der Waals surface area (Å²) >= 11 is 0. The summed E-state index contributed by atoms with van der Waals surface area (Å²) in [6.45, 7) is 1.27. The molecule has 0 bridgehead atoms. The molecule has 1 aromatic heterocycles. The molecule has 0 saturated carbocycles. The van der Waals surface area contributed by atoms with Crippen molar-refractivity contribution in [2.75, 3.05) is 13.2 Å². The Morgan fingerprint density at radius 2 is 2.47 bits per heavy atom. The SMILES string of the molecule is O=[N+]([O-])c1ccc(O[C@@H]2CCOC2)cn1. The molecule has 1 aliphatic rings. The number of nitrogens with zero attached hydrogens (tertiary/aromatic N) is 2. The molecule has 1 aliphatic heterocycles. The third-order valence-corrected chi connectivity index (χ3v) is 2.10. The first-order valence-electron chi connectivity index (χ1n) is 4.60. The van der Waals surface area contributed by atoms with Crippen LogP contribution < -0.4 is 4.74 Å². The van der Waals surface area contributed by atoms with Crippen LogP contribution in [0.15, 0.2) is 18.3 Å². The van der Waals surface area contributed by atoms with Crippen LogP contribution in [0.2, 0.25) is 0 Å². The van der Waals surface area contributed by atoms with Crippen molar-refractivity contribution in [3.8, 4) is 5.75 Å². The second-order valence-electron chi connectivity index (χ2n) is 3.21. The third-order valence-electron chi connectivity index (χ3n) is 2.10. The van der Waals surface area contributed by atoms with Crippen molar-refractivity contribution in [1.29, 1.82) is 0 Å². The van der Waals surface area contributed by atoms with Crippen LogP contribution in [-0.2, 0) is 4.74 Å². The van der Waals surface area contributed by atoms with Crippen LogP contribution in [0.1, 0.15) is 6.42 Å². The van der Waals surface area contributed by atoms with Gasteiger partial charge in [-0.2, -0.15) is 0 Å². The lowest BCUT2D eigenvalue weighted by atomic mass is 10.3. The molecule has 2 heterocycles. The van der Waals surface area contributed by atoms with E-state index >= 15 is 0 Å². The van der Waals surface area contributed by atoms with Gasteiger partial charge in [0.2, 0.25) is 0 Å². The Hall–Kier alpha value is -1.69. The van der Waals surface area contributed by atoms with Crippen molar-refractivity contribution in [1.82, 2.24) is 4.98 Å². The van der Waals surface area contributed by atoms with E-state index in [-0.39, 0.29) is 11.9 Å². The molecule has 1 atom stereocenters. The molecule has 1 saturated heterocycles. The van der Waals surface area contributed by atoms with Crippen molar-refractivity contribution in [2.24, 2.45) is 0 Å². The molecular formula is C9H10N2O4. The molecular weight excluding hydrogens is 200 g/mol. The first-order chi connectivity index (χ1) is 7.25. The predicted octanol–water partition coefficient (Wildman–Crippen LogP) is 1.16. The molecule has 2 rings (SSSR count). The fraction of sp³-hybridized carbons (Fsp3) is 0.444. The van der Waals surface area contributed by atoms with Gasteiger partial charge in [0.05, 0.1) is 13.2 Å². The van der Waals surface area contributed by atoms with Gasteiger partial charge < -0.3 is 19.6 Å². The van der Waals surface area contributed by atoms with Crippen molar-refractivity contribution < 1.29 is 14.4 Å². The van der Waals surface area contributed by atoms with Gasteiger partial charge in [-0.15, -0.1) is 0 Å². The number of rotatable bonds is 3. The number of ether oxygens (including phenoxy) is 2. The van der Waals surface area contributed by atoms with E-state index in [0.717, 1.165) is 6.42 Å². The van der Waals surface area contributed by atoms with E-state index in [1.165, 1.54) is 12.3 Å². The van der Waals surface area contributed by atoms with Crippen LogP contribution in [0.4, 0.5) is 5.82 Å². The highest BCUT2D eigenvalue weighted by atomic mass is 16.6. The summed E-state index contributed by atoms with van der Waals surface area (Å²) in [5, 5.41) is 10.3. The molecule has 0 radical (unpaired) electrons. The minimum atomic E-state index is -0.539. The van der Waals surface area contributed by atoms with Gasteiger partial charge in [0.25, 0.3) is 0 Å². The first kappa shape index (κ1) is 9.85. The van der Waals surface area contributed by atoms with E-state index in [1.807, 2.05) is 0 Å². The van der Waals surface area contributed by atoms with Crippen molar-refractivity contribution in [3.05, 3.63) is 28.4 Å². The van der Waals surface area contributed by atoms with Crippen LogP contribution in [-0.4, -0.2) is 29.2 Å². The second kappa shape index (κ2) is 4.22. The summed E-state index contributed by atoms with van der Waals surface area (Å²) in [6, 6.07) is 2.87. The van der Waals surface area contributed by atoms with Crippen LogP contribution in [0.3, 0.4) is 0 Å². The molecule has 0 amide bonds. The Bertz CT molecular complexity index is 346. The maximum atomic E-state index is 10.3. The zero-order valence-electron chi connectivity index (χ0n) is 7.96. The fourth-order valence-electron chi connectivity index (χ4n) is 1.35. The Labute approximate surface area is 86.0 Å². The van der Waals surface area contributed by atoms with Gasteiger partial charge in [0, 0.05) is 12.5 Å². The lowest BCUT2D eigenvalue weighted by molar-refractivity contribution is -0.389. The van der Waals surface area contributed by atoms with Gasteiger partial charge >= 0.3 is 5.82 Å². The maximum Gasteiger partial charge on any atom is 0.363 e. The number of hydrogen-bond donors (Lipinski definition) is 0. The molecule has 6 nitrogen and oxygen atoms in total. The summed E-state index contributed by atoms with van der Waals surface area (Å²) in [6.07, 6.45) is 2.24. The summed E-state index contributed by atoms with van der Waals surface area (Å²) in [7, 11) is 0. The second-order valence-corrected chi connectivity index (χ2v) is 3.21. The Morgan fingerprint density at radius 3 is 3.00 bits per heavy atom. The minimum absolute atomic E-state index is 0.0354. The van der Waals surface area contributed by atoms with Gasteiger partial charge in [-0.1, -0.05) is 0 Å². The number of hydrogen-bond acceptors (Lipinski definition) is 5. The van der Waals surface area contributed by atoms with E-state index in [1.54, 1.807) is 6.07 Å². The van der Waals surface area contributed by atoms with Gasteiger partial charge in [-0.3, -0.25) is 0 Å². The number of nitro groups is 1. The first-order valence-corrected chi connectivity index (χ1v) is 4.60. The maximum absolute atomic E-state index is 10.3. The van der Waals surface area contributed by atoms with Crippen LogP contribution in [0, 0.1) is 10.1 Å². The summed E-state index contributed by atoms with van der Waals surface area (Å²) in [5.41, 5.74) is 0. The average Bonchev–Trinajstić information content (AvgIpc) is 2.71.